The molecule has 1 fully saturated rings. The van der Waals surface area contributed by atoms with Crippen molar-refractivity contribution in [2.45, 2.75) is 59.1 Å². The number of anilines is 1. The normalized spacial score (nSPS) is 25.7. The molecule has 1 aromatic carbocycles. The van der Waals surface area contributed by atoms with Crippen LogP contribution < -0.4 is 5.32 Å². The first-order chi connectivity index (χ1) is 9.95. The van der Waals surface area contributed by atoms with E-state index < -0.39 is 0 Å². The quantitative estimate of drug-likeness (QED) is 0.830. The molecule has 3 atom stereocenters. The van der Waals surface area contributed by atoms with E-state index in [-0.39, 0.29) is 12.1 Å². The van der Waals surface area contributed by atoms with Crippen LogP contribution in [0.2, 0.25) is 0 Å². The Morgan fingerprint density at radius 3 is 2.43 bits per heavy atom. The average molecular weight is 289 g/mol. The minimum absolute atomic E-state index is 0.0830. The zero-order valence-electron chi connectivity index (χ0n) is 13.6. The SMILES string of the molecule is CC1CCC(Nc2ccc(C(=O)OC(C)C)cc2)C(C)C1. The van der Waals surface area contributed by atoms with Crippen molar-refractivity contribution < 1.29 is 9.53 Å². The molecule has 3 nitrogen and oxygen atoms in total. The maximum absolute atomic E-state index is 11.8. The van der Waals surface area contributed by atoms with Crippen molar-refractivity contribution in [3.05, 3.63) is 29.8 Å². The van der Waals surface area contributed by atoms with E-state index in [4.69, 9.17) is 4.74 Å². The van der Waals surface area contributed by atoms with Gasteiger partial charge in [-0.15, -0.1) is 0 Å². The van der Waals surface area contributed by atoms with Gasteiger partial charge in [0.25, 0.3) is 0 Å². The standard InChI is InChI=1S/C18H27NO2/c1-12(2)21-18(20)15-6-8-16(9-7-15)19-17-10-5-13(3)11-14(17)4/h6-9,12-14,17,19H,5,10-11H2,1-4H3. The van der Waals surface area contributed by atoms with Gasteiger partial charge in [0.1, 0.15) is 0 Å². The highest BCUT2D eigenvalue weighted by Gasteiger charge is 2.25. The van der Waals surface area contributed by atoms with Crippen LogP contribution in [0.15, 0.2) is 24.3 Å². The first-order valence-corrected chi connectivity index (χ1v) is 8.03. The molecule has 3 heteroatoms. The summed E-state index contributed by atoms with van der Waals surface area (Å²) in [6.07, 6.45) is 3.72. The van der Waals surface area contributed by atoms with E-state index in [9.17, 15) is 4.79 Å². The first kappa shape index (κ1) is 15.9. The molecule has 0 aliphatic heterocycles. The van der Waals surface area contributed by atoms with Crippen LogP contribution in [0.5, 0.6) is 0 Å². The second kappa shape index (κ2) is 6.97. The maximum atomic E-state index is 11.8. The Morgan fingerprint density at radius 2 is 1.86 bits per heavy atom. The third-order valence-corrected chi connectivity index (χ3v) is 4.25. The summed E-state index contributed by atoms with van der Waals surface area (Å²) in [6, 6.07) is 8.16. The smallest absolute Gasteiger partial charge is 0.338 e. The van der Waals surface area contributed by atoms with Crippen LogP contribution in [0, 0.1) is 11.8 Å². The summed E-state index contributed by atoms with van der Waals surface area (Å²) >= 11 is 0. The molecule has 2 rings (SSSR count). The fourth-order valence-corrected chi connectivity index (χ4v) is 3.08. The number of esters is 1. The molecule has 0 amide bonds. The number of rotatable bonds is 4. The van der Waals surface area contributed by atoms with Crippen LogP contribution in [-0.4, -0.2) is 18.1 Å². The zero-order chi connectivity index (χ0) is 15.4. The molecule has 1 saturated carbocycles. The molecule has 0 radical (unpaired) electrons. The molecule has 3 unspecified atom stereocenters. The van der Waals surface area contributed by atoms with Gasteiger partial charge in [-0.05, 0) is 69.2 Å². The molecule has 0 aromatic heterocycles. The van der Waals surface area contributed by atoms with Crippen molar-refractivity contribution in [3.63, 3.8) is 0 Å². The van der Waals surface area contributed by atoms with Crippen LogP contribution in [0.4, 0.5) is 5.69 Å². The molecule has 0 saturated heterocycles. The number of ether oxygens (including phenoxy) is 1. The fraction of sp³-hybridized carbons (Fsp3) is 0.611. The summed E-state index contributed by atoms with van der Waals surface area (Å²) in [5.41, 5.74) is 1.70. The molecular weight excluding hydrogens is 262 g/mol. The Hall–Kier alpha value is -1.51. The number of hydrogen-bond acceptors (Lipinski definition) is 3. The van der Waals surface area contributed by atoms with Crippen molar-refractivity contribution in [1.29, 1.82) is 0 Å². The number of hydrogen-bond donors (Lipinski definition) is 1. The summed E-state index contributed by atoms with van der Waals surface area (Å²) in [5.74, 6) is 1.28. The molecule has 21 heavy (non-hydrogen) atoms. The molecule has 0 spiro atoms. The van der Waals surface area contributed by atoms with Gasteiger partial charge in [0.05, 0.1) is 11.7 Å². The van der Waals surface area contributed by atoms with Gasteiger partial charge >= 0.3 is 5.97 Å². The van der Waals surface area contributed by atoms with Crippen LogP contribution >= 0.6 is 0 Å². The summed E-state index contributed by atoms with van der Waals surface area (Å²) < 4.78 is 5.20. The summed E-state index contributed by atoms with van der Waals surface area (Å²) in [7, 11) is 0. The minimum atomic E-state index is -0.253. The summed E-state index contributed by atoms with van der Waals surface area (Å²) in [4.78, 5) is 11.8. The third-order valence-electron chi connectivity index (χ3n) is 4.25. The summed E-state index contributed by atoms with van der Waals surface area (Å²) in [5, 5.41) is 3.61. The van der Waals surface area contributed by atoms with Crippen LogP contribution in [0.3, 0.4) is 0 Å². The largest absolute Gasteiger partial charge is 0.459 e. The molecule has 1 aliphatic carbocycles. The maximum Gasteiger partial charge on any atom is 0.338 e. The van der Waals surface area contributed by atoms with Crippen molar-refractivity contribution in [3.8, 4) is 0 Å². The topological polar surface area (TPSA) is 38.3 Å². The predicted molar refractivity (Wildman–Crippen MR) is 86.6 cm³/mol. The number of nitrogens with one attached hydrogen (secondary N) is 1. The van der Waals surface area contributed by atoms with E-state index in [1.807, 2.05) is 38.1 Å². The number of carbonyl (C=O) groups is 1. The lowest BCUT2D eigenvalue weighted by Crippen LogP contribution is -2.32. The summed E-state index contributed by atoms with van der Waals surface area (Å²) in [6.45, 7) is 8.38. The van der Waals surface area contributed by atoms with Crippen molar-refractivity contribution in [1.82, 2.24) is 0 Å². The highest BCUT2D eigenvalue weighted by atomic mass is 16.5. The van der Waals surface area contributed by atoms with Gasteiger partial charge in [-0.3, -0.25) is 0 Å². The fourth-order valence-electron chi connectivity index (χ4n) is 3.08. The lowest BCUT2D eigenvalue weighted by atomic mass is 9.80. The Bertz CT molecular complexity index is 467. The Labute approximate surface area is 128 Å². The lowest BCUT2D eigenvalue weighted by molar-refractivity contribution is 0.0378. The highest BCUT2D eigenvalue weighted by Crippen LogP contribution is 2.30. The zero-order valence-corrected chi connectivity index (χ0v) is 13.6. The Kier molecular flexibility index (Phi) is 5.27. The molecule has 116 valence electrons. The predicted octanol–water partition coefficient (Wildman–Crippen LogP) is 4.49. The second-order valence-corrected chi connectivity index (χ2v) is 6.68. The number of carbonyl (C=O) groups excluding carboxylic acids is 1. The van der Waals surface area contributed by atoms with E-state index in [0.717, 1.165) is 11.6 Å². The third kappa shape index (κ3) is 4.48. The first-order valence-electron chi connectivity index (χ1n) is 8.03. The van der Waals surface area contributed by atoms with Gasteiger partial charge < -0.3 is 10.1 Å². The van der Waals surface area contributed by atoms with Crippen molar-refractivity contribution in [2.24, 2.45) is 11.8 Å². The van der Waals surface area contributed by atoms with Gasteiger partial charge in [-0.2, -0.15) is 0 Å². The molecule has 1 aromatic rings. The molecule has 0 heterocycles. The molecule has 1 N–H and O–H groups in total. The van der Waals surface area contributed by atoms with Crippen LogP contribution in [-0.2, 0) is 4.74 Å². The Morgan fingerprint density at radius 1 is 1.19 bits per heavy atom. The van der Waals surface area contributed by atoms with Gasteiger partial charge in [0.2, 0.25) is 0 Å². The van der Waals surface area contributed by atoms with Gasteiger partial charge in [-0.1, -0.05) is 13.8 Å². The van der Waals surface area contributed by atoms with E-state index in [1.165, 1.54) is 19.3 Å². The van der Waals surface area contributed by atoms with E-state index in [2.05, 4.69) is 19.2 Å². The van der Waals surface area contributed by atoms with Crippen LogP contribution in [0.1, 0.15) is 57.3 Å². The van der Waals surface area contributed by atoms with E-state index in [0.29, 0.717) is 17.5 Å². The molecule has 0 bridgehead atoms. The average Bonchev–Trinajstić information content (AvgIpc) is 2.42. The van der Waals surface area contributed by atoms with Gasteiger partial charge in [0.15, 0.2) is 0 Å². The molecule has 1 aliphatic rings. The van der Waals surface area contributed by atoms with Gasteiger partial charge in [-0.25, -0.2) is 4.79 Å². The lowest BCUT2D eigenvalue weighted by Gasteiger charge is -2.33. The highest BCUT2D eigenvalue weighted by molar-refractivity contribution is 5.89. The second-order valence-electron chi connectivity index (χ2n) is 6.68. The van der Waals surface area contributed by atoms with E-state index in [1.54, 1.807) is 0 Å². The van der Waals surface area contributed by atoms with Crippen LogP contribution in [0.25, 0.3) is 0 Å². The monoisotopic (exact) mass is 289 g/mol. The van der Waals surface area contributed by atoms with Gasteiger partial charge in [0, 0.05) is 11.7 Å². The van der Waals surface area contributed by atoms with Crippen molar-refractivity contribution >= 4 is 11.7 Å². The van der Waals surface area contributed by atoms with E-state index >= 15 is 0 Å². The Balaban J connectivity index is 1.95. The minimum Gasteiger partial charge on any atom is -0.459 e. The molecular formula is C18H27NO2. The van der Waals surface area contributed by atoms with Crippen molar-refractivity contribution in [2.75, 3.05) is 5.32 Å². The number of benzene rings is 1.